The SMILES string of the molecule is O=NNc1cc(=O)[nH]c(=O)[nH]1. The highest BCUT2D eigenvalue weighted by atomic mass is 16.3. The Balaban J connectivity index is 3.18. The molecule has 58 valence electrons. The molecule has 0 saturated carbocycles. The Hall–Kier alpha value is -1.92. The van der Waals surface area contributed by atoms with Gasteiger partial charge < -0.3 is 0 Å². The number of hydrogen-bond donors (Lipinski definition) is 3. The van der Waals surface area contributed by atoms with Gasteiger partial charge in [-0.05, 0) is 0 Å². The molecule has 0 spiro atoms. The summed E-state index contributed by atoms with van der Waals surface area (Å²) in [6.07, 6.45) is 0. The van der Waals surface area contributed by atoms with Crippen LogP contribution < -0.4 is 16.7 Å². The van der Waals surface area contributed by atoms with Gasteiger partial charge in [-0.1, -0.05) is 0 Å². The third kappa shape index (κ3) is 1.75. The van der Waals surface area contributed by atoms with Gasteiger partial charge in [0, 0.05) is 6.07 Å². The molecule has 0 unspecified atom stereocenters. The van der Waals surface area contributed by atoms with Gasteiger partial charge in [-0.3, -0.25) is 14.8 Å². The van der Waals surface area contributed by atoms with E-state index in [1.807, 2.05) is 10.4 Å². The van der Waals surface area contributed by atoms with Crippen LogP contribution in [0.15, 0.2) is 20.9 Å². The fourth-order valence-electron chi connectivity index (χ4n) is 0.578. The van der Waals surface area contributed by atoms with E-state index in [-0.39, 0.29) is 5.82 Å². The van der Waals surface area contributed by atoms with Crippen molar-refractivity contribution >= 4 is 5.82 Å². The summed E-state index contributed by atoms with van der Waals surface area (Å²) in [7, 11) is 0. The molecule has 7 nitrogen and oxygen atoms in total. The van der Waals surface area contributed by atoms with Crippen LogP contribution in [0.5, 0.6) is 0 Å². The number of hydrogen-bond acceptors (Lipinski definition) is 4. The van der Waals surface area contributed by atoms with Crippen LogP contribution in [0.2, 0.25) is 0 Å². The second-order valence-electron chi connectivity index (χ2n) is 1.70. The summed E-state index contributed by atoms with van der Waals surface area (Å²) >= 11 is 0. The van der Waals surface area contributed by atoms with Crippen LogP contribution in [0.1, 0.15) is 0 Å². The number of anilines is 1. The first-order valence-electron chi connectivity index (χ1n) is 2.64. The fourth-order valence-corrected chi connectivity index (χ4v) is 0.578. The van der Waals surface area contributed by atoms with E-state index in [0.717, 1.165) is 6.07 Å². The summed E-state index contributed by atoms with van der Waals surface area (Å²) in [5, 5.41) is 2.27. The lowest BCUT2D eigenvalue weighted by Crippen LogP contribution is -2.21. The number of rotatable bonds is 2. The van der Waals surface area contributed by atoms with Crippen molar-refractivity contribution in [1.82, 2.24) is 9.97 Å². The predicted octanol–water partition coefficient (Wildman–Crippen LogP) is -0.844. The summed E-state index contributed by atoms with van der Waals surface area (Å²) in [5.41, 5.74) is 0.595. The number of aromatic amines is 2. The van der Waals surface area contributed by atoms with E-state index < -0.39 is 11.2 Å². The minimum absolute atomic E-state index is 0.0336. The summed E-state index contributed by atoms with van der Waals surface area (Å²) in [4.78, 5) is 34.7. The number of nitrogens with zero attached hydrogens (tertiary/aromatic N) is 1. The monoisotopic (exact) mass is 156 g/mol. The maximum absolute atomic E-state index is 10.5. The van der Waals surface area contributed by atoms with Crippen LogP contribution in [0.25, 0.3) is 0 Å². The Morgan fingerprint density at radius 1 is 1.36 bits per heavy atom. The molecule has 1 aromatic heterocycles. The minimum atomic E-state index is -0.691. The molecule has 3 N–H and O–H groups in total. The summed E-state index contributed by atoms with van der Waals surface area (Å²) in [6.45, 7) is 0. The number of nitroso groups, excluding NO2 is 1. The zero-order chi connectivity index (χ0) is 8.27. The Morgan fingerprint density at radius 2 is 2.09 bits per heavy atom. The molecule has 1 rings (SSSR count). The Kier molecular flexibility index (Phi) is 1.81. The molecular weight excluding hydrogens is 152 g/mol. The molecule has 0 aliphatic rings. The molecule has 0 fully saturated rings. The maximum atomic E-state index is 10.5. The van der Waals surface area contributed by atoms with Gasteiger partial charge in [0.15, 0.2) is 0 Å². The molecule has 11 heavy (non-hydrogen) atoms. The van der Waals surface area contributed by atoms with Gasteiger partial charge in [-0.2, -0.15) is 0 Å². The molecule has 0 amide bonds. The molecule has 1 heterocycles. The quantitative estimate of drug-likeness (QED) is 0.383. The topological polar surface area (TPSA) is 107 Å². The third-order valence-corrected chi connectivity index (χ3v) is 0.926. The predicted molar refractivity (Wildman–Crippen MR) is 37.1 cm³/mol. The summed E-state index contributed by atoms with van der Waals surface area (Å²) < 4.78 is 0. The van der Waals surface area contributed by atoms with E-state index in [2.05, 4.69) is 10.3 Å². The van der Waals surface area contributed by atoms with Crippen molar-refractivity contribution in [2.45, 2.75) is 0 Å². The van der Waals surface area contributed by atoms with Crippen molar-refractivity contribution in [2.75, 3.05) is 5.43 Å². The maximum Gasteiger partial charge on any atom is 0.327 e. The van der Waals surface area contributed by atoms with Crippen LogP contribution in [0.4, 0.5) is 5.82 Å². The van der Waals surface area contributed by atoms with Crippen LogP contribution in [-0.4, -0.2) is 9.97 Å². The van der Waals surface area contributed by atoms with E-state index in [4.69, 9.17) is 0 Å². The Bertz CT molecular complexity index is 336. The van der Waals surface area contributed by atoms with Crippen LogP contribution >= 0.6 is 0 Å². The highest BCUT2D eigenvalue weighted by Crippen LogP contribution is 1.90. The van der Waals surface area contributed by atoms with E-state index in [9.17, 15) is 14.5 Å². The molecule has 0 aromatic carbocycles. The average Bonchev–Trinajstić information content (AvgIpc) is 1.85. The zero-order valence-electron chi connectivity index (χ0n) is 5.25. The third-order valence-electron chi connectivity index (χ3n) is 0.926. The van der Waals surface area contributed by atoms with Gasteiger partial charge in [0.05, 0.1) is 5.29 Å². The molecular formula is C4H4N4O3. The molecule has 0 atom stereocenters. The molecule has 0 aliphatic carbocycles. The molecule has 1 aromatic rings. The molecule has 0 bridgehead atoms. The van der Waals surface area contributed by atoms with Crippen molar-refractivity contribution in [1.29, 1.82) is 0 Å². The first kappa shape index (κ1) is 7.19. The smallest absolute Gasteiger partial charge is 0.292 e. The van der Waals surface area contributed by atoms with Gasteiger partial charge in [0.25, 0.3) is 5.56 Å². The lowest BCUT2D eigenvalue weighted by atomic mass is 10.6. The summed E-state index contributed by atoms with van der Waals surface area (Å²) in [5.74, 6) is -0.0336. The highest BCUT2D eigenvalue weighted by Gasteiger charge is 1.92. The molecule has 0 saturated heterocycles. The number of aromatic nitrogens is 2. The molecule has 0 aliphatic heterocycles. The van der Waals surface area contributed by atoms with Crippen LogP contribution in [0, 0.1) is 4.91 Å². The van der Waals surface area contributed by atoms with Crippen LogP contribution in [-0.2, 0) is 0 Å². The standard InChI is InChI=1S/C4H4N4O3/c9-3-1-2(7-8-11)5-4(10)6-3/h1H,(H3,5,6,7,9,10,11). The van der Waals surface area contributed by atoms with Gasteiger partial charge in [0.2, 0.25) is 0 Å². The van der Waals surface area contributed by atoms with Gasteiger partial charge in [-0.15, -0.1) is 4.91 Å². The average molecular weight is 156 g/mol. The molecule has 7 heteroatoms. The van der Waals surface area contributed by atoms with E-state index in [1.54, 1.807) is 0 Å². The lowest BCUT2D eigenvalue weighted by Gasteiger charge is -1.92. The van der Waals surface area contributed by atoms with E-state index >= 15 is 0 Å². The van der Waals surface area contributed by atoms with Gasteiger partial charge in [0.1, 0.15) is 5.82 Å². The first-order chi connectivity index (χ1) is 5.22. The van der Waals surface area contributed by atoms with Crippen molar-refractivity contribution in [3.8, 4) is 0 Å². The molecule has 0 radical (unpaired) electrons. The van der Waals surface area contributed by atoms with Crippen LogP contribution in [0.3, 0.4) is 0 Å². The Morgan fingerprint density at radius 3 is 2.64 bits per heavy atom. The van der Waals surface area contributed by atoms with Gasteiger partial charge in [-0.25, -0.2) is 10.2 Å². The fraction of sp³-hybridized carbons (Fsp3) is 0. The van der Waals surface area contributed by atoms with E-state index in [0.29, 0.717) is 0 Å². The highest BCUT2D eigenvalue weighted by molar-refractivity contribution is 5.29. The number of H-pyrrole nitrogens is 2. The zero-order valence-corrected chi connectivity index (χ0v) is 5.25. The van der Waals surface area contributed by atoms with Gasteiger partial charge >= 0.3 is 5.69 Å². The number of nitrogens with one attached hydrogen (secondary N) is 3. The van der Waals surface area contributed by atoms with Crippen molar-refractivity contribution in [3.63, 3.8) is 0 Å². The largest absolute Gasteiger partial charge is 0.327 e. The minimum Gasteiger partial charge on any atom is -0.292 e. The van der Waals surface area contributed by atoms with Crippen molar-refractivity contribution in [2.24, 2.45) is 5.29 Å². The summed E-state index contributed by atoms with van der Waals surface area (Å²) in [6, 6.07) is 1.00. The second kappa shape index (κ2) is 2.78. The first-order valence-corrected chi connectivity index (χ1v) is 2.64. The van der Waals surface area contributed by atoms with E-state index in [1.165, 1.54) is 0 Å². The lowest BCUT2D eigenvalue weighted by molar-refractivity contribution is 1.03. The van der Waals surface area contributed by atoms with Crippen molar-refractivity contribution < 1.29 is 0 Å². The second-order valence-corrected chi connectivity index (χ2v) is 1.70. The normalized spacial score (nSPS) is 9.09. The van der Waals surface area contributed by atoms with Crippen molar-refractivity contribution in [3.05, 3.63) is 31.8 Å². The Labute approximate surface area is 59.4 Å².